The van der Waals surface area contributed by atoms with Crippen LogP contribution < -0.4 is 10.9 Å². The fourth-order valence-electron chi connectivity index (χ4n) is 2.78. The van der Waals surface area contributed by atoms with Gasteiger partial charge >= 0.3 is 6.18 Å². The number of fused-ring (bicyclic) bond motifs is 1. The summed E-state index contributed by atoms with van der Waals surface area (Å²) in [6.07, 6.45) is -2.82. The highest BCUT2D eigenvalue weighted by Gasteiger charge is 2.30. The maximum atomic E-state index is 12.7. The average Bonchev–Trinajstić information content (AvgIpc) is 2.64. The molecule has 1 atom stereocenters. The van der Waals surface area contributed by atoms with Crippen LogP contribution in [0.2, 0.25) is 0 Å². The number of nitrogens with zero attached hydrogens (tertiary/aromatic N) is 2. The minimum absolute atomic E-state index is 0.216. The van der Waals surface area contributed by atoms with Gasteiger partial charge in [-0.3, -0.25) is 14.2 Å². The van der Waals surface area contributed by atoms with E-state index in [9.17, 15) is 22.8 Å². The molecular weight excluding hydrogens is 359 g/mol. The lowest BCUT2D eigenvalue weighted by Gasteiger charge is -2.18. The number of carbonyl (C=O) groups is 1. The molecule has 1 aromatic heterocycles. The van der Waals surface area contributed by atoms with E-state index < -0.39 is 23.7 Å². The normalized spacial score (nSPS) is 12.7. The molecule has 140 valence electrons. The summed E-state index contributed by atoms with van der Waals surface area (Å²) in [6.45, 7) is 1.73. The molecule has 0 aliphatic carbocycles. The number of hydrogen-bond acceptors (Lipinski definition) is 3. The molecule has 5 nitrogen and oxygen atoms in total. The Kier molecular flexibility index (Phi) is 4.98. The quantitative estimate of drug-likeness (QED) is 0.750. The molecular formula is C19H16F3N3O2. The lowest BCUT2D eigenvalue weighted by molar-refractivity contribution is -0.137. The molecule has 0 saturated carbocycles. The van der Waals surface area contributed by atoms with E-state index in [1.54, 1.807) is 31.2 Å². The molecule has 0 unspecified atom stereocenters. The summed E-state index contributed by atoms with van der Waals surface area (Å²) in [7, 11) is 0. The van der Waals surface area contributed by atoms with Crippen LogP contribution in [0, 0.1) is 0 Å². The summed E-state index contributed by atoms with van der Waals surface area (Å²) in [5.74, 6) is -0.503. The number of aromatic nitrogens is 2. The van der Waals surface area contributed by atoms with Crippen LogP contribution in [-0.4, -0.2) is 15.5 Å². The zero-order chi connectivity index (χ0) is 19.6. The second-order valence-electron chi connectivity index (χ2n) is 5.96. The minimum atomic E-state index is -4.45. The summed E-state index contributed by atoms with van der Waals surface area (Å²) >= 11 is 0. The molecule has 0 aliphatic heterocycles. The third-order valence-electron chi connectivity index (χ3n) is 4.20. The summed E-state index contributed by atoms with van der Waals surface area (Å²) in [4.78, 5) is 29.4. The lowest BCUT2D eigenvalue weighted by Crippen LogP contribution is -2.33. The largest absolute Gasteiger partial charge is 0.416 e. The number of carbonyl (C=O) groups excluding carboxylic acids is 1. The van der Waals surface area contributed by atoms with Crippen molar-refractivity contribution in [3.63, 3.8) is 0 Å². The first-order valence-corrected chi connectivity index (χ1v) is 8.25. The Morgan fingerprint density at radius 2 is 1.81 bits per heavy atom. The van der Waals surface area contributed by atoms with Crippen LogP contribution in [-0.2, 0) is 11.0 Å². The van der Waals surface area contributed by atoms with Crippen molar-refractivity contribution in [2.45, 2.75) is 25.6 Å². The van der Waals surface area contributed by atoms with Crippen molar-refractivity contribution >= 4 is 22.5 Å². The molecule has 27 heavy (non-hydrogen) atoms. The third kappa shape index (κ3) is 3.84. The van der Waals surface area contributed by atoms with Gasteiger partial charge in [-0.15, -0.1) is 0 Å². The van der Waals surface area contributed by atoms with E-state index in [0.717, 1.165) is 12.1 Å². The molecule has 0 aliphatic rings. The van der Waals surface area contributed by atoms with Gasteiger partial charge in [0, 0.05) is 5.69 Å². The number of halogens is 3. The Labute approximate surface area is 152 Å². The van der Waals surface area contributed by atoms with Gasteiger partial charge in [-0.25, -0.2) is 4.98 Å². The predicted octanol–water partition coefficient (Wildman–Crippen LogP) is 4.01. The van der Waals surface area contributed by atoms with Crippen molar-refractivity contribution in [1.29, 1.82) is 0 Å². The number of benzene rings is 2. The van der Waals surface area contributed by atoms with Crippen LogP contribution in [0.3, 0.4) is 0 Å². The standard InChI is InChI=1S/C19H16F3N3O2/c1-2-16(25-11-23-15-6-4-3-5-14(15)18(25)27)17(26)24-13-9-7-12(8-10-13)19(20,21)22/h3-11,16H,2H2,1H3,(H,24,26)/t16-/m0/s1. The predicted molar refractivity (Wildman–Crippen MR) is 95.4 cm³/mol. The van der Waals surface area contributed by atoms with E-state index >= 15 is 0 Å². The van der Waals surface area contributed by atoms with Crippen molar-refractivity contribution in [3.8, 4) is 0 Å². The van der Waals surface area contributed by atoms with Crippen LogP contribution in [0.1, 0.15) is 24.9 Å². The number of anilines is 1. The fraction of sp³-hybridized carbons (Fsp3) is 0.211. The van der Waals surface area contributed by atoms with Gasteiger partial charge in [0.1, 0.15) is 6.04 Å². The van der Waals surface area contributed by atoms with E-state index in [0.29, 0.717) is 17.3 Å². The molecule has 0 bridgehead atoms. The zero-order valence-corrected chi connectivity index (χ0v) is 14.3. The van der Waals surface area contributed by atoms with Crippen LogP contribution in [0.25, 0.3) is 10.9 Å². The first-order chi connectivity index (χ1) is 12.8. The zero-order valence-electron chi connectivity index (χ0n) is 14.3. The molecule has 0 fully saturated rings. The Morgan fingerprint density at radius 1 is 1.15 bits per heavy atom. The van der Waals surface area contributed by atoms with E-state index in [1.807, 2.05) is 0 Å². The van der Waals surface area contributed by atoms with Gasteiger partial charge in [-0.2, -0.15) is 13.2 Å². The van der Waals surface area contributed by atoms with Gasteiger partial charge in [0.2, 0.25) is 5.91 Å². The van der Waals surface area contributed by atoms with Crippen molar-refractivity contribution in [1.82, 2.24) is 9.55 Å². The summed E-state index contributed by atoms with van der Waals surface area (Å²) in [5, 5.41) is 2.94. The Bertz CT molecular complexity index is 1030. The molecule has 1 amide bonds. The highest BCUT2D eigenvalue weighted by molar-refractivity contribution is 5.94. The van der Waals surface area contributed by atoms with Gasteiger partial charge in [0.25, 0.3) is 5.56 Å². The summed E-state index contributed by atoms with van der Waals surface area (Å²) in [5.41, 5.74) is -0.414. The number of alkyl halides is 3. The molecule has 3 rings (SSSR count). The van der Waals surface area contributed by atoms with Gasteiger partial charge in [0.05, 0.1) is 22.8 Å². The van der Waals surface area contributed by atoms with E-state index in [1.165, 1.54) is 23.0 Å². The monoisotopic (exact) mass is 375 g/mol. The van der Waals surface area contributed by atoms with Crippen LogP contribution in [0.5, 0.6) is 0 Å². The molecule has 1 N–H and O–H groups in total. The van der Waals surface area contributed by atoms with Crippen molar-refractivity contribution < 1.29 is 18.0 Å². The van der Waals surface area contributed by atoms with E-state index in [-0.39, 0.29) is 11.2 Å². The third-order valence-corrected chi connectivity index (χ3v) is 4.20. The number of hydrogen-bond donors (Lipinski definition) is 1. The second kappa shape index (κ2) is 7.22. The molecule has 3 aromatic rings. The minimum Gasteiger partial charge on any atom is -0.324 e. The van der Waals surface area contributed by atoms with Gasteiger partial charge in [-0.05, 0) is 42.8 Å². The molecule has 0 saturated heterocycles. The van der Waals surface area contributed by atoms with Gasteiger partial charge in [0.15, 0.2) is 0 Å². The van der Waals surface area contributed by atoms with Crippen molar-refractivity contribution in [2.75, 3.05) is 5.32 Å². The average molecular weight is 375 g/mol. The van der Waals surface area contributed by atoms with Crippen molar-refractivity contribution in [2.24, 2.45) is 0 Å². The van der Waals surface area contributed by atoms with E-state index in [2.05, 4.69) is 10.3 Å². The molecule has 2 aromatic carbocycles. The SMILES string of the molecule is CC[C@@H](C(=O)Nc1ccc(C(F)(F)F)cc1)n1cnc2ccccc2c1=O. The smallest absolute Gasteiger partial charge is 0.324 e. The van der Waals surface area contributed by atoms with Crippen LogP contribution in [0.15, 0.2) is 59.7 Å². The van der Waals surface area contributed by atoms with E-state index in [4.69, 9.17) is 0 Å². The number of nitrogens with one attached hydrogen (secondary N) is 1. The second-order valence-corrected chi connectivity index (χ2v) is 5.96. The van der Waals surface area contributed by atoms with Crippen LogP contribution >= 0.6 is 0 Å². The number of rotatable bonds is 4. The Balaban J connectivity index is 1.87. The lowest BCUT2D eigenvalue weighted by atomic mass is 10.1. The first kappa shape index (κ1) is 18.6. The topological polar surface area (TPSA) is 64.0 Å². The Hall–Kier alpha value is -3.16. The Morgan fingerprint density at radius 3 is 2.44 bits per heavy atom. The molecule has 0 spiro atoms. The number of amides is 1. The molecule has 0 radical (unpaired) electrons. The molecule has 8 heteroatoms. The number of para-hydroxylation sites is 1. The fourth-order valence-corrected chi connectivity index (χ4v) is 2.78. The summed E-state index contributed by atoms with van der Waals surface area (Å²) in [6, 6.07) is 10.1. The summed E-state index contributed by atoms with van der Waals surface area (Å²) < 4.78 is 39.1. The first-order valence-electron chi connectivity index (χ1n) is 8.25. The molecule has 1 heterocycles. The maximum absolute atomic E-state index is 12.7. The van der Waals surface area contributed by atoms with Crippen molar-refractivity contribution in [3.05, 3.63) is 70.8 Å². The maximum Gasteiger partial charge on any atom is 0.416 e. The van der Waals surface area contributed by atoms with Gasteiger partial charge in [-0.1, -0.05) is 19.1 Å². The van der Waals surface area contributed by atoms with Crippen LogP contribution in [0.4, 0.5) is 18.9 Å². The highest BCUT2D eigenvalue weighted by atomic mass is 19.4. The highest BCUT2D eigenvalue weighted by Crippen LogP contribution is 2.30. The van der Waals surface area contributed by atoms with Gasteiger partial charge < -0.3 is 5.32 Å².